The van der Waals surface area contributed by atoms with E-state index in [4.69, 9.17) is 4.74 Å². The number of carbonyl (C=O) groups excluding carboxylic acids is 1. The molecule has 7 heteroatoms. The number of anilines is 1. The van der Waals surface area contributed by atoms with Crippen molar-refractivity contribution in [3.05, 3.63) is 27.4 Å². The minimum absolute atomic E-state index is 0.0508. The molecule has 0 unspecified atom stereocenters. The molecule has 1 aliphatic heterocycles. The van der Waals surface area contributed by atoms with Gasteiger partial charge in [0.1, 0.15) is 11.1 Å². The van der Waals surface area contributed by atoms with E-state index >= 15 is 0 Å². The van der Waals surface area contributed by atoms with E-state index in [0.29, 0.717) is 10.0 Å². The summed E-state index contributed by atoms with van der Waals surface area (Å²) < 4.78 is 5.53. The van der Waals surface area contributed by atoms with Crippen LogP contribution < -0.4 is 5.32 Å². The van der Waals surface area contributed by atoms with E-state index < -0.39 is 0 Å². The summed E-state index contributed by atoms with van der Waals surface area (Å²) in [6.07, 6.45) is 2.09. The van der Waals surface area contributed by atoms with Gasteiger partial charge in [0, 0.05) is 6.61 Å². The van der Waals surface area contributed by atoms with Gasteiger partial charge in [0.15, 0.2) is 0 Å². The highest BCUT2D eigenvalue weighted by atomic mass is 32.1. The monoisotopic (exact) mass is 281 g/mol. The molecule has 2 aromatic rings. The summed E-state index contributed by atoms with van der Waals surface area (Å²) in [5.74, 6) is -0.139. The highest BCUT2D eigenvalue weighted by Crippen LogP contribution is 2.32. The second kappa shape index (κ2) is 5.13. The standard InChI is InChI=1S/C11H11N3O2S2/c15-9(8-4-2-6-17-8)12-11-14-13-10(18-11)7-3-1-5-16-7/h2,4,6-7H,1,3,5H2,(H,12,14,15)/t7-/m1/s1. The highest BCUT2D eigenvalue weighted by Gasteiger charge is 2.22. The van der Waals surface area contributed by atoms with Crippen molar-refractivity contribution in [1.82, 2.24) is 10.2 Å². The molecule has 94 valence electrons. The summed E-state index contributed by atoms with van der Waals surface area (Å²) in [5.41, 5.74) is 0. The molecule has 2 aromatic heterocycles. The van der Waals surface area contributed by atoms with Crippen molar-refractivity contribution in [3.63, 3.8) is 0 Å². The van der Waals surface area contributed by atoms with Gasteiger partial charge in [0.25, 0.3) is 5.91 Å². The number of nitrogens with zero attached hydrogens (tertiary/aromatic N) is 2. The first kappa shape index (κ1) is 11.8. The Kier molecular flexibility index (Phi) is 3.35. The van der Waals surface area contributed by atoms with Crippen LogP contribution in [0.25, 0.3) is 0 Å². The highest BCUT2D eigenvalue weighted by molar-refractivity contribution is 7.15. The first-order valence-corrected chi connectivity index (χ1v) is 7.32. The first-order chi connectivity index (χ1) is 8.83. The van der Waals surface area contributed by atoms with Gasteiger partial charge in [-0.2, -0.15) is 0 Å². The molecule has 0 aliphatic carbocycles. The normalized spacial score (nSPS) is 19.0. The summed E-state index contributed by atoms with van der Waals surface area (Å²) in [7, 11) is 0. The second-order valence-electron chi connectivity index (χ2n) is 3.88. The van der Waals surface area contributed by atoms with Gasteiger partial charge < -0.3 is 4.74 Å². The Morgan fingerprint density at radius 3 is 3.17 bits per heavy atom. The smallest absolute Gasteiger partial charge is 0.267 e. The van der Waals surface area contributed by atoms with Crippen LogP contribution in [0.15, 0.2) is 17.5 Å². The summed E-state index contributed by atoms with van der Waals surface area (Å²) in [5, 5.41) is 14.0. The minimum atomic E-state index is -0.139. The lowest BCUT2D eigenvalue weighted by atomic mass is 10.2. The number of rotatable bonds is 3. The van der Waals surface area contributed by atoms with E-state index in [-0.39, 0.29) is 12.0 Å². The summed E-state index contributed by atoms with van der Waals surface area (Å²) in [6, 6.07) is 3.62. The van der Waals surface area contributed by atoms with Crippen LogP contribution in [0.2, 0.25) is 0 Å². The zero-order valence-electron chi connectivity index (χ0n) is 9.46. The molecule has 1 saturated heterocycles. The Morgan fingerprint density at radius 1 is 1.50 bits per heavy atom. The average Bonchev–Trinajstić information content (AvgIpc) is 3.12. The molecule has 0 spiro atoms. The van der Waals surface area contributed by atoms with Crippen LogP contribution in [0, 0.1) is 0 Å². The Morgan fingerprint density at radius 2 is 2.44 bits per heavy atom. The SMILES string of the molecule is O=C(Nc1nnc([C@H]2CCCO2)s1)c1cccs1. The predicted octanol–water partition coefficient (Wildman–Crippen LogP) is 2.70. The number of ether oxygens (including phenoxy) is 1. The van der Waals surface area contributed by atoms with E-state index in [0.717, 1.165) is 24.5 Å². The van der Waals surface area contributed by atoms with Crippen molar-refractivity contribution in [2.45, 2.75) is 18.9 Å². The predicted molar refractivity (Wildman–Crippen MR) is 70.1 cm³/mol. The lowest BCUT2D eigenvalue weighted by molar-refractivity contribution is 0.103. The van der Waals surface area contributed by atoms with E-state index in [1.807, 2.05) is 11.4 Å². The van der Waals surface area contributed by atoms with Crippen LogP contribution in [0.3, 0.4) is 0 Å². The summed E-state index contributed by atoms with van der Waals surface area (Å²) in [6.45, 7) is 0.779. The second-order valence-corrected chi connectivity index (χ2v) is 5.84. The number of aromatic nitrogens is 2. The third kappa shape index (κ3) is 2.43. The largest absolute Gasteiger partial charge is 0.371 e. The molecule has 1 aliphatic rings. The van der Waals surface area contributed by atoms with E-state index in [1.54, 1.807) is 6.07 Å². The topological polar surface area (TPSA) is 64.1 Å². The molecule has 5 nitrogen and oxygen atoms in total. The van der Waals surface area contributed by atoms with Gasteiger partial charge >= 0.3 is 0 Å². The van der Waals surface area contributed by atoms with Gasteiger partial charge in [0.05, 0.1) is 4.88 Å². The molecule has 0 bridgehead atoms. The van der Waals surface area contributed by atoms with Crippen molar-refractivity contribution in [1.29, 1.82) is 0 Å². The maximum Gasteiger partial charge on any atom is 0.267 e. The molecule has 1 amide bonds. The fraction of sp³-hybridized carbons (Fsp3) is 0.364. The van der Waals surface area contributed by atoms with Gasteiger partial charge in [-0.05, 0) is 24.3 Å². The lowest BCUT2D eigenvalue weighted by Gasteiger charge is -2.02. The van der Waals surface area contributed by atoms with E-state index in [2.05, 4.69) is 15.5 Å². The Hall–Kier alpha value is -1.31. The molecular weight excluding hydrogens is 270 g/mol. The van der Waals surface area contributed by atoms with Crippen molar-refractivity contribution >= 4 is 33.7 Å². The molecule has 0 saturated carbocycles. The van der Waals surface area contributed by atoms with Gasteiger partial charge in [0.2, 0.25) is 5.13 Å². The number of thiophene rings is 1. The molecule has 0 radical (unpaired) electrons. The molecule has 1 atom stereocenters. The molecule has 1 fully saturated rings. The van der Waals surface area contributed by atoms with Crippen molar-refractivity contribution in [2.75, 3.05) is 11.9 Å². The molecule has 3 rings (SSSR count). The van der Waals surface area contributed by atoms with Gasteiger partial charge in [-0.3, -0.25) is 10.1 Å². The lowest BCUT2D eigenvalue weighted by Crippen LogP contribution is -2.09. The van der Waals surface area contributed by atoms with Crippen LogP contribution >= 0.6 is 22.7 Å². The average molecular weight is 281 g/mol. The number of amides is 1. The number of carbonyl (C=O) groups is 1. The molecular formula is C11H11N3O2S2. The first-order valence-electron chi connectivity index (χ1n) is 5.63. The van der Waals surface area contributed by atoms with E-state index in [1.165, 1.54) is 22.7 Å². The number of hydrogen-bond acceptors (Lipinski definition) is 6. The summed E-state index contributed by atoms with van der Waals surface area (Å²) in [4.78, 5) is 12.5. The van der Waals surface area contributed by atoms with Crippen molar-refractivity contribution < 1.29 is 9.53 Å². The molecule has 3 heterocycles. The van der Waals surface area contributed by atoms with Crippen LogP contribution in [0.1, 0.15) is 33.6 Å². The zero-order chi connectivity index (χ0) is 12.4. The fourth-order valence-electron chi connectivity index (χ4n) is 1.75. The van der Waals surface area contributed by atoms with E-state index in [9.17, 15) is 4.79 Å². The third-order valence-corrected chi connectivity index (χ3v) is 4.41. The van der Waals surface area contributed by atoms with Crippen LogP contribution in [0.5, 0.6) is 0 Å². The van der Waals surface area contributed by atoms with Crippen LogP contribution in [0.4, 0.5) is 5.13 Å². The van der Waals surface area contributed by atoms with Gasteiger partial charge in [-0.15, -0.1) is 21.5 Å². The maximum atomic E-state index is 11.8. The Labute approximate surface area is 112 Å². The van der Waals surface area contributed by atoms with Gasteiger partial charge in [-0.25, -0.2) is 0 Å². The van der Waals surface area contributed by atoms with Crippen molar-refractivity contribution in [2.24, 2.45) is 0 Å². The quantitative estimate of drug-likeness (QED) is 0.939. The minimum Gasteiger partial charge on any atom is -0.371 e. The number of hydrogen-bond donors (Lipinski definition) is 1. The third-order valence-electron chi connectivity index (χ3n) is 2.61. The fourth-order valence-corrected chi connectivity index (χ4v) is 3.20. The van der Waals surface area contributed by atoms with Crippen molar-refractivity contribution in [3.8, 4) is 0 Å². The van der Waals surface area contributed by atoms with Crippen LogP contribution in [-0.4, -0.2) is 22.7 Å². The zero-order valence-corrected chi connectivity index (χ0v) is 11.1. The van der Waals surface area contributed by atoms with Gasteiger partial charge in [-0.1, -0.05) is 17.4 Å². The molecule has 18 heavy (non-hydrogen) atoms. The Bertz CT molecular complexity index is 532. The molecule has 0 aromatic carbocycles. The molecule has 1 N–H and O–H groups in total. The Balaban J connectivity index is 1.68. The maximum absolute atomic E-state index is 11.8. The summed E-state index contributed by atoms with van der Waals surface area (Å²) >= 11 is 2.78. The van der Waals surface area contributed by atoms with Crippen LogP contribution in [-0.2, 0) is 4.74 Å². The number of nitrogens with one attached hydrogen (secondary N) is 1.